The van der Waals surface area contributed by atoms with Gasteiger partial charge in [0, 0.05) is 0 Å². The number of hydrogen-bond donors (Lipinski definition) is 1. The number of halogens is 8. The summed E-state index contributed by atoms with van der Waals surface area (Å²) in [4.78, 5) is 0. The number of rotatable bonds is 8. The van der Waals surface area contributed by atoms with E-state index in [1.54, 1.807) is 0 Å². The molecule has 4 nitrogen and oxygen atoms in total. The minimum atomic E-state index is -6.46. The van der Waals surface area contributed by atoms with Gasteiger partial charge in [-0.15, -0.1) is 0 Å². The number of ether oxygens (including phenoxy) is 2. The van der Waals surface area contributed by atoms with Crippen molar-refractivity contribution in [1.82, 2.24) is 5.43 Å². The van der Waals surface area contributed by atoms with E-state index in [0.29, 0.717) is 16.1 Å². The van der Waals surface area contributed by atoms with Crippen molar-refractivity contribution in [2.45, 2.75) is 24.8 Å². The molecular weight excluding hydrogens is 489 g/mol. The van der Waals surface area contributed by atoms with Gasteiger partial charge in [0.2, 0.25) is 0 Å². The van der Waals surface area contributed by atoms with Crippen molar-refractivity contribution in [3.8, 4) is 11.5 Å². The van der Waals surface area contributed by atoms with E-state index in [1.165, 1.54) is 19.2 Å². The number of hydrogen-bond acceptors (Lipinski definition) is 4. The van der Waals surface area contributed by atoms with Crippen molar-refractivity contribution in [3.63, 3.8) is 0 Å². The molecule has 0 atom stereocenters. The second kappa shape index (κ2) is 9.11. The Morgan fingerprint density at radius 2 is 1.67 bits per heavy atom. The van der Waals surface area contributed by atoms with Gasteiger partial charge in [0.1, 0.15) is 6.61 Å². The molecule has 0 radical (unpaired) electrons. The standard InChI is InChI=1S/C18H14BrF7N2O2/c1-29-14-8-12(9-27-28-18(25,26)16(20,21)17(22,23)24)7-13(19)15(14)30-10-11-5-3-2-4-6-11/h2-9,28H,10H2,1H3/b27-9+. The molecule has 0 aliphatic heterocycles. The maximum Gasteiger partial charge on any atom is 0.462 e. The Morgan fingerprint density at radius 1 is 1.03 bits per heavy atom. The van der Waals surface area contributed by atoms with Gasteiger partial charge in [-0.2, -0.15) is 35.8 Å². The van der Waals surface area contributed by atoms with E-state index in [4.69, 9.17) is 9.47 Å². The van der Waals surface area contributed by atoms with Crippen LogP contribution in [0.5, 0.6) is 11.5 Å². The van der Waals surface area contributed by atoms with E-state index >= 15 is 0 Å². The molecule has 0 saturated carbocycles. The van der Waals surface area contributed by atoms with Crippen LogP contribution in [0.15, 0.2) is 52.0 Å². The molecule has 0 aliphatic rings. The maximum absolute atomic E-state index is 13.2. The lowest BCUT2D eigenvalue weighted by atomic mass is 10.2. The van der Waals surface area contributed by atoms with E-state index in [1.807, 2.05) is 30.3 Å². The van der Waals surface area contributed by atoms with Gasteiger partial charge in [-0.05, 0) is 39.2 Å². The molecule has 12 heteroatoms. The molecular formula is C18H14BrF7N2O2. The fourth-order valence-corrected chi connectivity index (χ4v) is 2.69. The molecule has 0 heterocycles. The van der Waals surface area contributed by atoms with Gasteiger partial charge < -0.3 is 9.47 Å². The van der Waals surface area contributed by atoms with Crippen LogP contribution in [0.25, 0.3) is 0 Å². The van der Waals surface area contributed by atoms with Crippen LogP contribution in [-0.2, 0) is 6.61 Å². The lowest BCUT2D eigenvalue weighted by Crippen LogP contribution is -2.58. The first-order chi connectivity index (χ1) is 13.9. The third kappa shape index (κ3) is 5.35. The van der Waals surface area contributed by atoms with Crippen LogP contribution in [0.3, 0.4) is 0 Å². The summed E-state index contributed by atoms with van der Waals surface area (Å²) in [5.41, 5.74) is 1.47. The van der Waals surface area contributed by atoms with E-state index < -0.39 is 18.1 Å². The van der Waals surface area contributed by atoms with Gasteiger partial charge in [0.05, 0.1) is 17.8 Å². The van der Waals surface area contributed by atoms with Crippen LogP contribution in [-0.4, -0.2) is 31.5 Å². The summed E-state index contributed by atoms with van der Waals surface area (Å²) in [6.07, 6.45) is -5.82. The molecule has 0 amide bonds. The number of methoxy groups -OCH3 is 1. The number of nitrogens with one attached hydrogen (secondary N) is 1. The SMILES string of the molecule is COc1cc(/C=N/NC(F)(F)C(F)(F)C(F)(F)F)cc(Br)c1OCc1ccccc1. The summed E-state index contributed by atoms with van der Waals surface area (Å²) < 4.78 is 99.5. The van der Waals surface area contributed by atoms with Gasteiger partial charge in [0.25, 0.3) is 0 Å². The Hall–Kier alpha value is -2.50. The fraction of sp³-hybridized carbons (Fsp3) is 0.278. The zero-order valence-corrected chi connectivity index (χ0v) is 16.7. The summed E-state index contributed by atoms with van der Waals surface area (Å²) in [5.74, 6) is -5.90. The summed E-state index contributed by atoms with van der Waals surface area (Å²) in [7, 11) is 1.30. The average Bonchev–Trinajstić information content (AvgIpc) is 2.66. The van der Waals surface area contributed by atoms with Crippen LogP contribution in [0.1, 0.15) is 11.1 Å². The first kappa shape index (κ1) is 23.8. The van der Waals surface area contributed by atoms with Crippen molar-refractivity contribution in [2.75, 3.05) is 7.11 Å². The summed E-state index contributed by atoms with van der Waals surface area (Å²) in [6.45, 7) is 0.184. The number of benzene rings is 2. The Bertz CT molecular complexity index is 890. The van der Waals surface area contributed by atoms with E-state index in [-0.39, 0.29) is 23.7 Å². The molecule has 0 bridgehead atoms. The highest BCUT2D eigenvalue weighted by molar-refractivity contribution is 9.10. The molecule has 0 aliphatic carbocycles. The second-order valence-electron chi connectivity index (χ2n) is 5.82. The van der Waals surface area contributed by atoms with Crippen LogP contribution < -0.4 is 14.9 Å². The zero-order chi connectivity index (χ0) is 22.6. The Labute approximate surface area is 174 Å². The van der Waals surface area contributed by atoms with Gasteiger partial charge in [-0.3, -0.25) is 0 Å². The molecule has 2 rings (SSSR count). The summed E-state index contributed by atoms with van der Waals surface area (Å²) in [5, 5.41) is 2.81. The van der Waals surface area contributed by atoms with Gasteiger partial charge >= 0.3 is 18.1 Å². The Balaban J connectivity index is 2.16. The third-order valence-electron chi connectivity index (χ3n) is 3.65. The first-order valence-electron chi connectivity index (χ1n) is 8.06. The third-order valence-corrected chi connectivity index (χ3v) is 4.24. The lowest BCUT2D eigenvalue weighted by molar-refractivity contribution is -0.361. The largest absolute Gasteiger partial charge is 0.493 e. The zero-order valence-electron chi connectivity index (χ0n) is 15.1. The molecule has 0 aromatic heterocycles. The summed E-state index contributed by atoms with van der Waals surface area (Å²) in [6, 6.07) is 6.06. The average molecular weight is 503 g/mol. The highest BCUT2D eigenvalue weighted by atomic mass is 79.9. The van der Waals surface area contributed by atoms with Crippen LogP contribution in [0, 0.1) is 0 Å². The van der Waals surface area contributed by atoms with Crippen molar-refractivity contribution < 1.29 is 40.2 Å². The highest BCUT2D eigenvalue weighted by Gasteiger charge is 2.73. The van der Waals surface area contributed by atoms with Gasteiger partial charge in [0.15, 0.2) is 11.5 Å². The molecule has 0 saturated heterocycles. The molecule has 1 N–H and O–H groups in total. The summed E-state index contributed by atoms with van der Waals surface area (Å²) >= 11 is 3.20. The molecule has 2 aromatic rings. The Morgan fingerprint density at radius 3 is 2.23 bits per heavy atom. The predicted octanol–water partition coefficient (Wildman–Crippen LogP) is 5.75. The topological polar surface area (TPSA) is 42.8 Å². The predicted molar refractivity (Wildman–Crippen MR) is 98.1 cm³/mol. The van der Waals surface area contributed by atoms with Crippen molar-refractivity contribution >= 4 is 22.1 Å². The fourth-order valence-electron chi connectivity index (χ4n) is 2.12. The first-order valence-corrected chi connectivity index (χ1v) is 8.85. The van der Waals surface area contributed by atoms with Crippen molar-refractivity contribution in [1.29, 1.82) is 0 Å². The monoisotopic (exact) mass is 502 g/mol. The van der Waals surface area contributed by atoms with Crippen molar-refractivity contribution in [2.24, 2.45) is 5.10 Å². The van der Waals surface area contributed by atoms with Crippen LogP contribution in [0.2, 0.25) is 0 Å². The number of nitrogens with zero attached hydrogens (tertiary/aromatic N) is 1. The minimum Gasteiger partial charge on any atom is -0.493 e. The molecule has 0 fully saturated rings. The molecule has 0 unspecified atom stereocenters. The maximum atomic E-state index is 13.2. The van der Waals surface area contributed by atoms with Crippen LogP contribution >= 0.6 is 15.9 Å². The highest BCUT2D eigenvalue weighted by Crippen LogP contribution is 2.45. The minimum absolute atomic E-state index is 0.0596. The van der Waals surface area contributed by atoms with E-state index in [0.717, 1.165) is 5.56 Å². The number of alkyl halides is 7. The van der Waals surface area contributed by atoms with Crippen molar-refractivity contribution in [3.05, 3.63) is 58.1 Å². The number of hydrazone groups is 1. The van der Waals surface area contributed by atoms with Crippen LogP contribution in [0.4, 0.5) is 30.7 Å². The van der Waals surface area contributed by atoms with Gasteiger partial charge in [-0.25, -0.2) is 5.43 Å². The lowest BCUT2D eigenvalue weighted by Gasteiger charge is -2.27. The van der Waals surface area contributed by atoms with Gasteiger partial charge in [-0.1, -0.05) is 30.3 Å². The van der Waals surface area contributed by atoms with E-state index in [2.05, 4.69) is 21.0 Å². The molecule has 30 heavy (non-hydrogen) atoms. The molecule has 2 aromatic carbocycles. The Kier molecular flexibility index (Phi) is 7.22. The molecule has 164 valence electrons. The second-order valence-corrected chi connectivity index (χ2v) is 6.68. The smallest absolute Gasteiger partial charge is 0.462 e. The molecule has 0 spiro atoms. The quantitative estimate of drug-likeness (QED) is 0.216. The normalized spacial score (nSPS) is 12.8. The van der Waals surface area contributed by atoms with E-state index in [9.17, 15) is 30.7 Å².